The molecule has 20 heavy (non-hydrogen) atoms. The fourth-order valence-corrected chi connectivity index (χ4v) is 3.67. The highest BCUT2D eigenvalue weighted by atomic mass is 28.3. The van der Waals surface area contributed by atoms with E-state index in [-0.39, 0.29) is 0 Å². The first kappa shape index (κ1) is 14.6. The molecule has 102 valence electrons. The Bertz CT molecular complexity index is 610. The van der Waals surface area contributed by atoms with Gasteiger partial charge in [0.15, 0.2) is 0 Å². The second-order valence-electron chi connectivity index (χ2n) is 6.07. The second kappa shape index (κ2) is 6.11. The first-order chi connectivity index (χ1) is 9.50. The quantitative estimate of drug-likeness (QED) is 0.564. The van der Waals surface area contributed by atoms with E-state index in [9.17, 15) is 0 Å². The highest BCUT2D eigenvalue weighted by Crippen LogP contribution is 2.20. The van der Waals surface area contributed by atoms with Crippen molar-refractivity contribution in [3.8, 4) is 11.8 Å². The molecule has 0 fully saturated rings. The molecule has 0 N–H and O–H groups in total. The number of hydrogen-bond donors (Lipinski definition) is 0. The zero-order valence-electron chi connectivity index (χ0n) is 12.8. The van der Waals surface area contributed by atoms with Gasteiger partial charge in [-0.1, -0.05) is 74.3 Å². The third kappa shape index (κ3) is 3.40. The van der Waals surface area contributed by atoms with Gasteiger partial charge in [-0.2, -0.15) is 0 Å². The molecule has 0 unspecified atom stereocenters. The average Bonchev–Trinajstić information content (AvgIpc) is 2.46. The van der Waals surface area contributed by atoms with Crippen molar-refractivity contribution in [3.63, 3.8) is 0 Å². The fourth-order valence-electron chi connectivity index (χ4n) is 1.98. The van der Waals surface area contributed by atoms with Crippen LogP contribution < -0.4 is 5.19 Å². The predicted molar refractivity (Wildman–Crippen MR) is 91.1 cm³/mol. The molecule has 0 spiro atoms. The van der Waals surface area contributed by atoms with Gasteiger partial charge >= 0.3 is 0 Å². The van der Waals surface area contributed by atoms with Gasteiger partial charge in [0.05, 0.1) is 8.07 Å². The van der Waals surface area contributed by atoms with Crippen molar-refractivity contribution in [2.24, 2.45) is 0 Å². The maximum atomic E-state index is 3.23. The van der Waals surface area contributed by atoms with Gasteiger partial charge in [-0.3, -0.25) is 0 Å². The normalized spacial score (nSPS) is 11.1. The molecule has 2 aromatic rings. The maximum Gasteiger partial charge on any atom is 0.0831 e. The lowest BCUT2D eigenvalue weighted by Gasteiger charge is -2.27. The monoisotopic (exact) mass is 278 g/mol. The molecule has 0 aliphatic rings. The van der Waals surface area contributed by atoms with Crippen molar-refractivity contribution in [2.45, 2.75) is 32.5 Å². The number of benzene rings is 2. The van der Waals surface area contributed by atoms with Crippen molar-refractivity contribution < 1.29 is 0 Å². The molecule has 0 atom stereocenters. The molecule has 0 amide bonds. The van der Waals surface area contributed by atoms with Gasteiger partial charge in [0, 0.05) is 11.1 Å². The van der Waals surface area contributed by atoms with Gasteiger partial charge in [-0.25, -0.2) is 0 Å². The molecule has 0 heterocycles. The topological polar surface area (TPSA) is 0 Å². The van der Waals surface area contributed by atoms with Crippen molar-refractivity contribution in [1.29, 1.82) is 0 Å². The zero-order valence-corrected chi connectivity index (χ0v) is 13.8. The van der Waals surface area contributed by atoms with Gasteiger partial charge in [-0.15, -0.1) is 0 Å². The van der Waals surface area contributed by atoms with E-state index in [2.05, 4.69) is 63.0 Å². The Morgan fingerprint density at radius 1 is 0.750 bits per heavy atom. The summed E-state index contributed by atoms with van der Waals surface area (Å²) in [6.07, 6.45) is 0. The molecular formula is C19H22Si. The summed E-state index contributed by atoms with van der Waals surface area (Å²) in [5.74, 6) is 6.44. The van der Waals surface area contributed by atoms with Crippen LogP contribution in [0.25, 0.3) is 0 Å². The highest BCUT2D eigenvalue weighted by Gasteiger charge is 2.26. The fraction of sp³-hybridized carbons (Fsp3) is 0.263. The van der Waals surface area contributed by atoms with Crippen molar-refractivity contribution in [3.05, 3.63) is 65.7 Å². The van der Waals surface area contributed by atoms with Crippen LogP contribution >= 0.6 is 0 Å². The molecule has 2 aromatic carbocycles. The minimum absolute atomic E-state index is 0.753. The molecule has 1 heteroatoms. The van der Waals surface area contributed by atoms with Crippen molar-refractivity contribution >= 4 is 13.3 Å². The first-order valence-electron chi connectivity index (χ1n) is 7.18. The first-order valence-corrected chi connectivity index (χ1v) is 10.3. The summed E-state index contributed by atoms with van der Waals surface area (Å²) in [7, 11) is -1.31. The minimum Gasteiger partial charge on any atom is -0.0652 e. The van der Waals surface area contributed by atoms with Crippen LogP contribution in [-0.2, 0) is 0 Å². The zero-order chi connectivity index (χ0) is 14.6. The van der Waals surface area contributed by atoms with Crippen molar-refractivity contribution in [1.82, 2.24) is 0 Å². The third-order valence-electron chi connectivity index (χ3n) is 4.20. The second-order valence-corrected chi connectivity index (χ2v) is 11.2. The largest absolute Gasteiger partial charge is 0.0831 e. The Morgan fingerprint density at radius 3 is 1.75 bits per heavy atom. The van der Waals surface area contributed by atoms with E-state index in [0.29, 0.717) is 0 Å². The molecule has 0 aliphatic carbocycles. The molecule has 0 aliphatic heterocycles. The summed E-state index contributed by atoms with van der Waals surface area (Å²) in [5.41, 5.74) is 2.91. The molecule has 0 radical (unpaired) electrons. The number of hydrogen-bond acceptors (Lipinski definition) is 0. The lowest BCUT2D eigenvalue weighted by Crippen LogP contribution is -2.44. The van der Waals surface area contributed by atoms with E-state index in [0.717, 1.165) is 16.7 Å². The molecule has 0 saturated carbocycles. The van der Waals surface area contributed by atoms with E-state index in [1.807, 2.05) is 30.3 Å². The molecule has 2 rings (SSSR count). The molecule has 0 aromatic heterocycles. The van der Waals surface area contributed by atoms with E-state index < -0.39 is 8.07 Å². The van der Waals surface area contributed by atoms with Crippen LogP contribution in [0.5, 0.6) is 0 Å². The highest BCUT2D eigenvalue weighted by molar-refractivity contribution is 6.90. The van der Waals surface area contributed by atoms with E-state index in [1.165, 1.54) is 5.19 Å². The van der Waals surface area contributed by atoms with Crippen molar-refractivity contribution in [2.75, 3.05) is 0 Å². The smallest absolute Gasteiger partial charge is 0.0652 e. The van der Waals surface area contributed by atoms with Crippen LogP contribution in [0.4, 0.5) is 0 Å². The Balaban J connectivity index is 2.20. The lowest BCUT2D eigenvalue weighted by molar-refractivity contribution is 1.02. The number of rotatable bonds is 2. The molecule has 0 saturated heterocycles. The molecule has 0 nitrogen and oxygen atoms in total. The summed E-state index contributed by atoms with van der Waals surface area (Å²) in [4.78, 5) is 0. The van der Waals surface area contributed by atoms with Crippen LogP contribution in [0.15, 0.2) is 54.6 Å². The maximum absolute atomic E-state index is 3.23. The van der Waals surface area contributed by atoms with Gasteiger partial charge in [-0.05, 0) is 29.8 Å². The van der Waals surface area contributed by atoms with Gasteiger partial charge in [0.1, 0.15) is 0 Å². The van der Waals surface area contributed by atoms with Crippen LogP contribution in [0.2, 0.25) is 18.6 Å². The standard InChI is InChI=1S/C19H22Si/c1-16(2)20(3,4)19-14-12-18(13-15-19)11-10-17-8-6-5-7-9-17/h5-9,12-16H,1-4H3. The molecular weight excluding hydrogens is 256 g/mol. The summed E-state index contributed by atoms with van der Waals surface area (Å²) in [6, 6.07) is 19.0. The molecule has 0 bridgehead atoms. The van der Waals surface area contributed by atoms with Gasteiger partial charge in [0.2, 0.25) is 0 Å². The van der Waals surface area contributed by atoms with Crippen LogP contribution in [0, 0.1) is 11.8 Å². The average molecular weight is 278 g/mol. The third-order valence-corrected chi connectivity index (χ3v) is 8.91. The van der Waals surface area contributed by atoms with E-state index in [4.69, 9.17) is 0 Å². The summed E-state index contributed by atoms with van der Waals surface area (Å²) in [5, 5.41) is 1.51. The summed E-state index contributed by atoms with van der Waals surface area (Å²) < 4.78 is 0. The SMILES string of the molecule is CC(C)[Si](C)(C)c1ccc(C#Cc2ccccc2)cc1. The summed E-state index contributed by atoms with van der Waals surface area (Å²) >= 11 is 0. The predicted octanol–water partition coefficient (Wildman–Crippen LogP) is 4.41. The van der Waals surface area contributed by atoms with Gasteiger partial charge in [0.25, 0.3) is 0 Å². The van der Waals surface area contributed by atoms with Gasteiger partial charge < -0.3 is 0 Å². The Kier molecular flexibility index (Phi) is 4.47. The van der Waals surface area contributed by atoms with Crippen LogP contribution in [-0.4, -0.2) is 8.07 Å². The van der Waals surface area contributed by atoms with Crippen LogP contribution in [0.1, 0.15) is 25.0 Å². The minimum atomic E-state index is -1.31. The Morgan fingerprint density at radius 2 is 1.25 bits per heavy atom. The Labute approximate surface area is 123 Å². The van der Waals surface area contributed by atoms with E-state index >= 15 is 0 Å². The Hall–Kier alpha value is -1.78. The van der Waals surface area contributed by atoms with E-state index in [1.54, 1.807) is 0 Å². The lowest BCUT2D eigenvalue weighted by atomic mass is 10.2. The summed E-state index contributed by atoms with van der Waals surface area (Å²) in [6.45, 7) is 9.52. The van der Waals surface area contributed by atoms with Crippen LogP contribution in [0.3, 0.4) is 0 Å².